The number of hydrogen-bond acceptors (Lipinski definition) is 5. The number of anilines is 1. The second-order valence-corrected chi connectivity index (χ2v) is 5.05. The van der Waals surface area contributed by atoms with Crippen molar-refractivity contribution < 1.29 is 14.6 Å². The highest BCUT2D eigenvalue weighted by Crippen LogP contribution is 2.29. The van der Waals surface area contributed by atoms with E-state index in [0.29, 0.717) is 25.3 Å². The lowest BCUT2D eigenvalue weighted by atomic mass is 10.0. The zero-order valence-electron chi connectivity index (χ0n) is 13.2. The quantitative estimate of drug-likeness (QED) is 0.795. The molecule has 1 aromatic carbocycles. The molecule has 0 aliphatic rings. The van der Waals surface area contributed by atoms with Gasteiger partial charge in [0.25, 0.3) is 0 Å². The van der Waals surface area contributed by atoms with E-state index in [1.807, 2.05) is 13.0 Å². The molecular formula is C16H24N2O3. The number of nitrogens with zero attached hydrogens (tertiary/aromatic N) is 2. The number of hydrogen-bond donors (Lipinski definition) is 1. The third-order valence-electron chi connectivity index (χ3n) is 3.40. The largest absolute Gasteiger partial charge is 0.389 e. The predicted molar refractivity (Wildman–Crippen MR) is 82.4 cm³/mol. The van der Waals surface area contributed by atoms with Crippen molar-refractivity contribution in [1.82, 2.24) is 0 Å². The van der Waals surface area contributed by atoms with Crippen LogP contribution in [0.15, 0.2) is 18.2 Å². The van der Waals surface area contributed by atoms with Crippen LogP contribution < -0.4 is 4.90 Å². The summed E-state index contributed by atoms with van der Waals surface area (Å²) < 4.78 is 10.4. The lowest BCUT2D eigenvalue weighted by Gasteiger charge is -2.33. The fourth-order valence-corrected chi connectivity index (χ4v) is 2.31. The first-order chi connectivity index (χ1) is 10.0. The fraction of sp³-hybridized carbons (Fsp3) is 0.562. The van der Waals surface area contributed by atoms with Gasteiger partial charge >= 0.3 is 0 Å². The minimum atomic E-state index is -0.604. The molecule has 21 heavy (non-hydrogen) atoms. The Morgan fingerprint density at radius 2 is 2.00 bits per heavy atom. The molecule has 0 heterocycles. The molecule has 0 aliphatic carbocycles. The molecule has 0 amide bonds. The number of benzene rings is 1. The summed E-state index contributed by atoms with van der Waals surface area (Å²) in [5, 5.41) is 19.1. The van der Waals surface area contributed by atoms with Gasteiger partial charge in [-0.1, -0.05) is 6.07 Å². The van der Waals surface area contributed by atoms with Crippen LogP contribution in [0, 0.1) is 11.3 Å². The molecule has 0 saturated heterocycles. The Labute approximate surface area is 126 Å². The average Bonchev–Trinajstić information content (AvgIpc) is 2.47. The standard InChI is InChI=1S/C16H24N2O3/c1-12(11-21-4)18(7-8-20-3)16-9-14(10-17)5-6-15(16)13(2)19/h5-6,9,12-13,19H,7-8,11H2,1-4H3. The molecule has 1 rings (SSSR count). The van der Waals surface area contributed by atoms with Gasteiger partial charge < -0.3 is 19.5 Å². The van der Waals surface area contributed by atoms with Gasteiger partial charge in [0.1, 0.15) is 0 Å². The molecule has 0 fully saturated rings. The third-order valence-corrected chi connectivity index (χ3v) is 3.40. The SMILES string of the molecule is COCCN(c1cc(C#N)ccc1C(C)O)C(C)COC. The van der Waals surface area contributed by atoms with Gasteiger partial charge in [0.15, 0.2) is 0 Å². The van der Waals surface area contributed by atoms with Gasteiger partial charge in [-0.3, -0.25) is 0 Å². The van der Waals surface area contributed by atoms with Crippen LogP contribution in [0.4, 0.5) is 5.69 Å². The third kappa shape index (κ3) is 4.71. The van der Waals surface area contributed by atoms with E-state index in [2.05, 4.69) is 11.0 Å². The average molecular weight is 292 g/mol. The number of rotatable bonds is 8. The molecule has 0 aliphatic heterocycles. The van der Waals surface area contributed by atoms with Crippen LogP contribution in [0.1, 0.15) is 31.1 Å². The molecule has 1 aromatic rings. The Hall–Kier alpha value is -1.61. The first-order valence-electron chi connectivity index (χ1n) is 7.01. The van der Waals surface area contributed by atoms with Crippen molar-refractivity contribution in [3.05, 3.63) is 29.3 Å². The van der Waals surface area contributed by atoms with Crippen LogP contribution in [0.2, 0.25) is 0 Å². The van der Waals surface area contributed by atoms with Crippen molar-refractivity contribution >= 4 is 5.69 Å². The van der Waals surface area contributed by atoms with E-state index in [4.69, 9.17) is 14.7 Å². The Morgan fingerprint density at radius 3 is 2.52 bits per heavy atom. The summed E-state index contributed by atoms with van der Waals surface area (Å²) in [7, 11) is 3.31. The Morgan fingerprint density at radius 1 is 1.29 bits per heavy atom. The predicted octanol–water partition coefficient (Wildman–Crippen LogP) is 2.10. The van der Waals surface area contributed by atoms with Gasteiger partial charge in [-0.2, -0.15) is 5.26 Å². The van der Waals surface area contributed by atoms with E-state index in [-0.39, 0.29) is 6.04 Å². The lowest BCUT2D eigenvalue weighted by Crippen LogP contribution is -2.39. The molecule has 5 heteroatoms. The van der Waals surface area contributed by atoms with Gasteiger partial charge in [-0.15, -0.1) is 0 Å². The van der Waals surface area contributed by atoms with Gasteiger partial charge in [-0.05, 0) is 26.0 Å². The van der Waals surface area contributed by atoms with E-state index in [9.17, 15) is 5.11 Å². The molecule has 0 bridgehead atoms. The van der Waals surface area contributed by atoms with Gasteiger partial charge in [0.2, 0.25) is 0 Å². The summed E-state index contributed by atoms with van der Waals surface area (Å²) in [6.45, 7) is 5.55. The van der Waals surface area contributed by atoms with Crippen molar-refractivity contribution in [2.75, 3.05) is 38.9 Å². The summed E-state index contributed by atoms with van der Waals surface area (Å²) in [6.07, 6.45) is -0.604. The zero-order valence-corrected chi connectivity index (χ0v) is 13.2. The highest BCUT2D eigenvalue weighted by molar-refractivity contribution is 5.59. The lowest BCUT2D eigenvalue weighted by molar-refractivity contribution is 0.169. The monoisotopic (exact) mass is 292 g/mol. The van der Waals surface area contributed by atoms with Gasteiger partial charge in [-0.25, -0.2) is 0 Å². The molecular weight excluding hydrogens is 268 g/mol. The number of aliphatic hydroxyl groups is 1. The Kier molecular flexibility index (Phi) is 7.17. The maximum Gasteiger partial charge on any atom is 0.0992 e. The zero-order chi connectivity index (χ0) is 15.8. The molecule has 0 spiro atoms. The van der Waals surface area contributed by atoms with Crippen molar-refractivity contribution in [2.24, 2.45) is 0 Å². The van der Waals surface area contributed by atoms with Crippen LogP contribution in [0.3, 0.4) is 0 Å². The second kappa shape index (κ2) is 8.63. The molecule has 0 radical (unpaired) electrons. The van der Waals surface area contributed by atoms with Crippen LogP contribution in [-0.4, -0.2) is 45.1 Å². The van der Waals surface area contributed by atoms with E-state index >= 15 is 0 Å². The molecule has 2 atom stereocenters. The number of ether oxygens (including phenoxy) is 2. The summed E-state index contributed by atoms with van der Waals surface area (Å²) in [4.78, 5) is 2.11. The molecule has 0 saturated carbocycles. The smallest absolute Gasteiger partial charge is 0.0992 e. The minimum absolute atomic E-state index is 0.108. The van der Waals surface area contributed by atoms with Crippen LogP contribution in [0.5, 0.6) is 0 Å². The number of methoxy groups -OCH3 is 2. The molecule has 5 nitrogen and oxygen atoms in total. The summed E-state index contributed by atoms with van der Waals surface area (Å²) in [6, 6.07) is 7.59. The van der Waals surface area contributed by atoms with E-state index in [1.54, 1.807) is 33.3 Å². The van der Waals surface area contributed by atoms with Gasteiger partial charge in [0, 0.05) is 38.1 Å². The van der Waals surface area contributed by atoms with Crippen LogP contribution in [0.25, 0.3) is 0 Å². The minimum Gasteiger partial charge on any atom is -0.389 e. The van der Waals surface area contributed by atoms with Crippen LogP contribution in [-0.2, 0) is 9.47 Å². The highest BCUT2D eigenvalue weighted by Gasteiger charge is 2.20. The van der Waals surface area contributed by atoms with Crippen molar-refractivity contribution in [1.29, 1.82) is 5.26 Å². The summed E-state index contributed by atoms with van der Waals surface area (Å²) >= 11 is 0. The fourth-order valence-electron chi connectivity index (χ4n) is 2.31. The maximum absolute atomic E-state index is 9.98. The first kappa shape index (κ1) is 17.4. The normalized spacial score (nSPS) is 13.5. The van der Waals surface area contributed by atoms with Crippen molar-refractivity contribution in [2.45, 2.75) is 26.0 Å². The maximum atomic E-state index is 9.98. The number of aliphatic hydroxyl groups excluding tert-OH is 1. The molecule has 1 N–H and O–H groups in total. The Balaban J connectivity index is 3.23. The van der Waals surface area contributed by atoms with E-state index < -0.39 is 6.10 Å². The van der Waals surface area contributed by atoms with Crippen molar-refractivity contribution in [3.8, 4) is 6.07 Å². The topological polar surface area (TPSA) is 65.7 Å². The van der Waals surface area contributed by atoms with E-state index in [1.165, 1.54) is 0 Å². The van der Waals surface area contributed by atoms with Crippen molar-refractivity contribution in [3.63, 3.8) is 0 Å². The molecule has 116 valence electrons. The number of nitriles is 1. The Bertz CT molecular complexity index is 483. The van der Waals surface area contributed by atoms with Crippen LogP contribution >= 0.6 is 0 Å². The summed E-state index contributed by atoms with van der Waals surface area (Å²) in [5.74, 6) is 0. The van der Waals surface area contributed by atoms with E-state index in [0.717, 1.165) is 11.3 Å². The summed E-state index contributed by atoms with van der Waals surface area (Å²) in [5.41, 5.74) is 2.22. The van der Waals surface area contributed by atoms with Gasteiger partial charge in [0.05, 0.1) is 31.0 Å². The second-order valence-electron chi connectivity index (χ2n) is 5.05. The molecule has 0 aromatic heterocycles. The molecule has 2 unspecified atom stereocenters. The first-order valence-corrected chi connectivity index (χ1v) is 7.01. The highest BCUT2D eigenvalue weighted by atomic mass is 16.5.